The van der Waals surface area contributed by atoms with Gasteiger partial charge in [-0.25, -0.2) is 0 Å². The normalized spacial score (nSPS) is 27.1. The minimum absolute atomic E-state index is 0.766. The highest BCUT2D eigenvalue weighted by molar-refractivity contribution is 4.92. The monoisotopic (exact) mass is 196 g/mol. The molecular weight excluding hydrogens is 172 g/mol. The molecular formula is C12H24N2. The molecule has 0 spiro atoms. The van der Waals surface area contributed by atoms with E-state index in [9.17, 15) is 0 Å². The third-order valence-electron chi connectivity index (χ3n) is 3.21. The molecule has 2 atom stereocenters. The zero-order chi connectivity index (χ0) is 10.6. The van der Waals surface area contributed by atoms with Crippen LogP contribution in [0.4, 0.5) is 0 Å². The smallest absolute Gasteiger partial charge is 0.0184 e. The first kappa shape index (κ1) is 11.7. The van der Waals surface area contributed by atoms with E-state index >= 15 is 0 Å². The average Bonchev–Trinajstić information content (AvgIpc) is 2.50. The lowest BCUT2D eigenvalue weighted by Crippen LogP contribution is -2.31. The summed E-state index contributed by atoms with van der Waals surface area (Å²) < 4.78 is 0. The van der Waals surface area contributed by atoms with E-state index in [1.54, 1.807) is 0 Å². The molecule has 0 aromatic carbocycles. The predicted octanol–water partition coefficient (Wildman–Crippen LogP) is 1.87. The first-order chi connectivity index (χ1) is 6.63. The van der Waals surface area contributed by atoms with E-state index in [-0.39, 0.29) is 0 Å². The minimum Gasteiger partial charge on any atom is -0.330 e. The molecule has 82 valence electrons. The molecule has 14 heavy (non-hydrogen) atoms. The fraction of sp³-hybridized carbons (Fsp3) is 0.833. The number of hydrogen-bond acceptors (Lipinski definition) is 2. The molecule has 1 rings (SSSR count). The van der Waals surface area contributed by atoms with Gasteiger partial charge in [-0.2, -0.15) is 0 Å². The Kier molecular flexibility index (Phi) is 4.63. The van der Waals surface area contributed by atoms with Crippen LogP contribution in [0.1, 0.15) is 26.2 Å². The van der Waals surface area contributed by atoms with Gasteiger partial charge in [0.15, 0.2) is 0 Å². The van der Waals surface area contributed by atoms with E-state index < -0.39 is 0 Å². The Morgan fingerprint density at radius 3 is 2.64 bits per heavy atom. The van der Waals surface area contributed by atoms with Crippen LogP contribution in [0.3, 0.4) is 0 Å². The summed E-state index contributed by atoms with van der Waals surface area (Å²) in [6, 6.07) is 0. The van der Waals surface area contributed by atoms with Crippen molar-refractivity contribution in [3.63, 3.8) is 0 Å². The van der Waals surface area contributed by atoms with Gasteiger partial charge in [-0.3, -0.25) is 0 Å². The highest BCUT2D eigenvalue weighted by Gasteiger charge is 2.26. The van der Waals surface area contributed by atoms with E-state index in [1.165, 1.54) is 31.4 Å². The lowest BCUT2D eigenvalue weighted by molar-refractivity contribution is 0.257. The van der Waals surface area contributed by atoms with Crippen LogP contribution in [-0.2, 0) is 0 Å². The molecule has 2 heteroatoms. The second-order valence-electron chi connectivity index (χ2n) is 4.84. The molecule has 0 heterocycles. The second kappa shape index (κ2) is 5.52. The average molecular weight is 196 g/mol. The van der Waals surface area contributed by atoms with Gasteiger partial charge in [0.05, 0.1) is 0 Å². The zero-order valence-corrected chi connectivity index (χ0v) is 9.63. The molecule has 0 radical (unpaired) electrons. The Labute approximate surface area is 88.2 Å². The molecule has 0 saturated heterocycles. The molecule has 1 fully saturated rings. The van der Waals surface area contributed by atoms with Crippen LogP contribution in [0.25, 0.3) is 0 Å². The van der Waals surface area contributed by atoms with E-state index in [0.717, 1.165) is 24.9 Å². The maximum absolute atomic E-state index is 5.77. The molecule has 0 aromatic heterocycles. The zero-order valence-electron chi connectivity index (χ0n) is 9.63. The lowest BCUT2D eigenvalue weighted by atomic mass is 9.96. The van der Waals surface area contributed by atoms with Crippen molar-refractivity contribution in [1.29, 1.82) is 0 Å². The van der Waals surface area contributed by atoms with Crippen molar-refractivity contribution >= 4 is 0 Å². The van der Waals surface area contributed by atoms with Gasteiger partial charge < -0.3 is 10.6 Å². The Bertz CT molecular complexity index is 189. The number of hydrogen-bond donors (Lipinski definition) is 1. The van der Waals surface area contributed by atoms with Crippen LogP contribution in [-0.4, -0.2) is 31.6 Å². The van der Waals surface area contributed by atoms with Gasteiger partial charge in [-0.05, 0) is 45.2 Å². The summed E-state index contributed by atoms with van der Waals surface area (Å²) in [7, 11) is 2.18. The fourth-order valence-corrected chi connectivity index (χ4v) is 2.59. The van der Waals surface area contributed by atoms with Gasteiger partial charge in [0, 0.05) is 13.1 Å². The van der Waals surface area contributed by atoms with Gasteiger partial charge in [0.2, 0.25) is 0 Å². The van der Waals surface area contributed by atoms with Crippen LogP contribution < -0.4 is 5.73 Å². The van der Waals surface area contributed by atoms with Gasteiger partial charge in [-0.15, -0.1) is 0 Å². The largest absolute Gasteiger partial charge is 0.330 e. The third-order valence-corrected chi connectivity index (χ3v) is 3.21. The van der Waals surface area contributed by atoms with Crippen molar-refractivity contribution in [1.82, 2.24) is 4.90 Å². The van der Waals surface area contributed by atoms with E-state index in [2.05, 4.69) is 25.5 Å². The van der Waals surface area contributed by atoms with Crippen LogP contribution in [0.2, 0.25) is 0 Å². The Balaban J connectivity index is 2.31. The molecule has 1 aliphatic rings. The summed E-state index contributed by atoms with van der Waals surface area (Å²) >= 11 is 0. The lowest BCUT2D eigenvalue weighted by Gasteiger charge is -2.24. The quantitative estimate of drug-likeness (QED) is 0.680. The molecule has 2 unspecified atom stereocenters. The standard InChI is InChI=1S/C12H24N2/c1-10(2)8-14(3)9-12-6-4-5-11(12)7-13/h11-12H,1,4-9,13H2,2-3H3. The van der Waals surface area contributed by atoms with Crippen LogP contribution in [0, 0.1) is 11.8 Å². The Morgan fingerprint density at radius 2 is 2.07 bits per heavy atom. The summed E-state index contributed by atoms with van der Waals surface area (Å²) in [5, 5.41) is 0. The summed E-state index contributed by atoms with van der Waals surface area (Å²) in [6.07, 6.45) is 4.07. The Morgan fingerprint density at radius 1 is 1.43 bits per heavy atom. The van der Waals surface area contributed by atoms with Crippen LogP contribution in [0.15, 0.2) is 12.2 Å². The van der Waals surface area contributed by atoms with Crippen molar-refractivity contribution in [2.24, 2.45) is 17.6 Å². The van der Waals surface area contributed by atoms with Crippen molar-refractivity contribution in [2.45, 2.75) is 26.2 Å². The third kappa shape index (κ3) is 3.43. The van der Waals surface area contributed by atoms with Crippen LogP contribution in [0.5, 0.6) is 0 Å². The highest BCUT2D eigenvalue weighted by atomic mass is 15.1. The maximum atomic E-state index is 5.77. The van der Waals surface area contributed by atoms with Crippen molar-refractivity contribution < 1.29 is 0 Å². The first-order valence-corrected chi connectivity index (χ1v) is 5.66. The summed E-state index contributed by atoms with van der Waals surface area (Å²) in [5.41, 5.74) is 7.01. The maximum Gasteiger partial charge on any atom is 0.0184 e. The highest BCUT2D eigenvalue weighted by Crippen LogP contribution is 2.31. The van der Waals surface area contributed by atoms with Gasteiger partial charge >= 0.3 is 0 Å². The van der Waals surface area contributed by atoms with Crippen LogP contribution >= 0.6 is 0 Å². The van der Waals surface area contributed by atoms with Crippen molar-refractivity contribution in [2.75, 3.05) is 26.7 Å². The summed E-state index contributed by atoms with van der Waals surface area (Å²) in [6.45, 7) is 9.11. The second-order valence-corrected chi connectivity index (χ2v) is 4.84. The molecule has 1 saturated carbocycles. The molecule has 2 N–H and O–H groups in total. The minimum atomic E-state index is 0.766. The molecule has 0 bridgehead atoms. The van der Waals surface area contributed by atoms with Gasteiger partial charge in [0.1, 0.15) is 0 Å². The number of rotatable bonds is 5. The summed E-state index contributed by atoms with van der Waals surface area (Å²) in [5.74, 6) is 1.59. The number of nitrogens with zero attached hydrogens (tertiary/aromatic N) is 1. The Hall–Kier alpha value is -0.340. The summed E-state index contributed by atoms with van der Waals surface area (Å²) in [4.78, 5) is 2.38. The SMILES string of the molecule is C=C(C)CN(C)CC1CCCC1CN. The number of nitrogens with two attached hydrogens (primary N) is 1. The molecule has 0 aromatic rings. The molecule has 0 aliphatic heterocycles. The van der Waals surface area contributed by atoms with Crippen molar-refractivity contribution in [3.05, 3.63) is 12.2 Å². The molecule has 0 amide bonds. The molecule has 2 nitrogen and oxygen atoms in total. The topological polar surface area (TPSA) is 29.3 Å². The van der Waals surface area contributed by atoms with Crippen molar-refractivity contribution in [3.8, 4) is 0 Å². The van der Waals surface area contributed by atoms with Gasteiger partial charge in [-0.1, -0.05) is 18.6 Å². The number of likely N-dealkylation sites (N-methyl/N-ethyl adjacent to an activating group) is 1. The van der Waals surface area contributed by atoms with E-state index in [1.807, 2.05) is 0 Å². The fourth-order valence-electron chi connectivity index (χ4n) is 2.59. The first-order valence-electron chi connectivity index (χ1n) is 5.66. The predicted molar refractivity (Wildman–Crippen MR) is 62.2 cm³/mol. The van der Waals surface area contributed by atoms with Gasteiger partial charge in [0.25, 0.3) is 0 Å². The molecule has 1 aliphatic carbocycles. The van der Waals surface area contributed by atoms with E-state index in [0.29, 0.717) is 0 Å². The van der Waals surface area contributed by atoms with E-state index in [4.69, 9.17) is 5.73 Å².